The second-order valence-corrected chi connectivity index (χ2v) is 10.1. The first kappa shape index (κ1) is 22.1. The third-order valence-corrected chi connectivity index (χ3v) is 7.94. The third kappa shape index (κ3) is 4.57. The number of hydrogen-bond donors (Lipinski definition) is 0. The minimum absolute atomic E-state index is 0.0515. The summed E-state index contributed by atoms with van der Waals surface area (Å²) in [5.74, 6) is -2.14. The van der Waals surface area contributed by atoms with Crippen LogP contribution in [0.4, 0.5) is 8.78 Å². The van der Waals surface area contributed by atoms with Gasteiger partial charge >= 0.3 is 0 Å². The van der Waals surface area contributed by atoms with E-state index in [1.165, 1.54) is 0 Å². The highest BCUT2D eigenvalue weighted by molar-refractivity contribution is 9.10. The summed E-state index contributed by atoms with van der Waals surface area (Å²) in [5, 5.41) is 0. The summed E-state index contributed by atoms with van der Waals surface area (Å²) in [6, 6.07) is 21.1. The highest BCUT2D eigenvalue weighted by Gasteiger charge is 2.35. The van der Waals surface area contributed by atoms with Crippen molar-refractivity contribution in [3.05, 3.63) is 100 Å². The number of rotatable bonds is 5. The minimum Gasteiger partial charge on any atom is -0.290 e. The van der Waals surface area contributed by atoms with Crippen LogP contribution in [0.2, 0.25) is 0 Å². The first-order valence-electron chi connectivity index (χ1n) is 9.86. The van der Waals surface area contributed by atoms with Crippen molar-refractivity contribution in [1.82, 2.24) is 9.21 Å². The third-order valence-electron chi connectivity index (χ3n) is 5.46. The van der Waals surface area contributed by atoms with Gasteiger partial charge in [0.05, 0.1) is 6.04 Å². The standard InChI is InChI=1S/C23H21BrF2N2O2S/c24-19-11-9-18(10-12-19)22(17-5-2-1-3-6-17)27-13-15-28(16-14-27)31(29,30)23-20(25)7-4-8-21(23)26/h1-12,22H,13-16H2. The fourth-order valence-corrected chi connectivity index (χ4v) is 5.75. The normalized spacial score (nSPS) is 16.9. The SMILES string of the molecule is O=S(=O)(c1c(F)cccc1F)N1CCN(C(c2ccccc2)c2ccc(Br)cc2)CC1. The Hall–Kier alpha value is -2.13. The average Bonchev–Trinajstić information content (AvgIpc) is 2.76. The maximum atomic E-state index is 14.1. The van der Waals surface area contributed by atoms with Crippen molar-refractivity contribution in [2.24, 2.45) is 0 Å². The number of nitrogens with zero attached hydrogens (tertiary/aromatic N) is 2. The molecule has 1 aliphatic rings. The Morgan fingerprint density at radius 2 is 1.29 bits per heavy atom. The van der Waals surface area contributed by atoms with E-state index in [0.717, 1.165) is 38.1 Å². The fourth-order valence-electron chi connectivity index (χ4n) is 3.95. The van der Waals surface area contributed by atoms with Crippen molar-refractivity contribution in [2.45, 2.75) is 10.9 Å². The molecule has 1 heterocycles. The summed E-state index contributed by atoms with van der Waals surface area (Å²) >= 11 is 3.46. The van der Waals surface area contributed by atoms with E-state index in [0.29, 0.717) is 13.1 Å². The Morgan fingerprint density at radius 1 is 0.742 bits per heavy atom. The maximum Gasteiger partial charge on any atom is 0.249 e. The van der Waals surface area contributed by atoms with Gasteiger partial charge in [-0.05, 0) is 35.4 Å². The lowest BCUT2D eigenvalue weighted by Crippen LogP contribution is -2.50. The van der Waals surface area contributed by atoms with E-state index in [1.54, 1.807) is 0 Å². The Kier molecular flexibility index (Phi) is 6.52. The van der Waals surface area contributed by atoms with Crippen molar-refractivity contribution in [3.8, 4) is 0 Å². The molecule has 0 radical (unpaired) electrons. The van der Waals surface area contributed by atoms with Gasteiger partial charge in [0.15, 0.2) is 4.90 Å². The average molecular weight is 507 g/mol. The monoisotopic (exact) mass is 506 g/mol. The van der Waals surface area contributed by atoms with Gasteiger partial charge in [0.1, 0.15) is 11.6 Å². The molecule has 1 unspecified atom stereocenters. The molecule has 0 spiro atoms. The molecule has 1 fully saturated rings. The quantitative estimate of drug-likeness (QED) is 0.497. The second kappa shape index (κ2) is 9.16. The molecule has 31 heavy (non-hydrogen) atoms. The zero-order valence-electron chi connectivity index (χ0n) is 16.6. The first-order chi connectivity index (χ1) is 14.9. The highest BCUT2D eigenvalue weighted by Crippen LogP contribution is 2.32. The molecule has 0 aromatic heterocycles. The van der Waals surface area contributed by atoms with Crippen molar-refractivity contribution in [2.75, 3.05) is 26.2 Å². The van der Waals surface area contributed by atoms with Crippen LogP contribution in [-0.4, -0.2) is 43.8 Å². The van der Waals surface area contributed by atoms with Crippen LogP contribution in [0.1, 0.15) is 17.2 Å². The lowest BCUT2D eigenvalue weighted by molar-refractivity contribution is 0.155. The highest BCUT2D eigenvalue weighted by atomic mass is 79.9. The Balaban J connectivity index is 1.59. The summed E-state index contributed by atoms with van der Waals surface area (Å²) in [6.45, 7) is 1.17. The minimum atomic E-state index is -4.26. The molecule has 1 saturated heterocycles. The topological polar surface area (TPSA) is 40.6 Å². The van der Waals surface area contributed by atoms with Gasteiger partial charge in [0.25, 0.3) is 0 Å². The van der Waals surface area contributed by atoms with Crippen molar-refractivity contribution in [3.63, 3.8) is 0 Å². The van der Waals surface area contributed by atoms with Gasteiger partial charge < -0.3 is 0 Å². The Labute approximate surface area is 189 Å². The largest absolute Gasteiger partial charge is 0.290 e. The summed E-state index contributed by atoms with van der Waals surface area (Å²) < 4.78 is 56.2. The van der Waals surface area contributed by atoms with Gasteiger partial charge in [-0.3, -0.25) is 4.90 Å². The number of piperazine rings is 1. The van der Waals surface area contributed by atoms with Gasteiger partial charge in [0.2, 0.25) is 10.0 Å². The molecule has 162 valence electrons. The predicted molar refractivity (Wildman–Crippen MR) is 119 cm³/mol. The van der Waals surface area contributed by atoms with Crippen molar-refractivity contribution in [1.29, 1.82) is 0 Å². The molecule has 0 saturated carbocycles. The summed E-state index contributed by atoms with van der Waals surface area (Å²) in [7, 11) is -4.26. The van der Waals surface area contributed by atoms with Crippen LogP contribution < -0.4 is 0 Å². The molecule has 3 aromatic carbocycles. The summed E-state index contributed by atoms with van der Waals surface area (Å²) in [5.41, 5.74) is 2.19. The molecular weight excluding hydrogens is 486 g/mol. The zero-order valence-corrected chi connectivity index (χ0v) is 19.0. The van der Waals surface area contributed by atoms with Gasteiger partial charge in [0, 0.05) is 30.7 Å². The number of benzene rings is 3. The number of halogens is 3. The molecule has 1 aliphatic heterocycles. The van der Waals surface area contributed by atoms with Crippen LogP contribution in [0.25, 0.3) is 0 Å². The summed E-state index contributed by atoms with van der Waals surface area (Å²) in [6.07, 6.45) is 0. The van der Waals surface area contributed by atoms with E-state index < -0.39 is 26.6 Å². The Morgan fingerprint density at radius 3 is 1.87 bits per heavy atom. The smallest absolute Gasteiger partial charge is 0.249 e. The van der Waals surface area contributed by atoms with E-state index in [-0.39, 0.29) is 19.1 Å². The van der Waals surface area contributed by atoms with Crippen LogP contribution in [0.5, 0.6) is 0 Å². The Bertz CT molecular complexity index is 1130. The molecule has 0 bridgehead atoms. The summed E-state index contributed by atoms with van der Waals surface area (Å²) in [4.78, 5) is 1.32. The van der Waals surface area contributed by atoms with Crippen LogP contribution in [-0.2, 0) is 10.0 Å². The van der Waals surface area contributed by atoms with Gasteiger partial charge in [-0.2, -0.15) is 4.31 Å². The fraction of sp³-hybridized carbons (Fsp3) is 0.217. The molecule has 3 aromatic rings. The van der Waals surface area contributed by atoms with Crippen LogP contribution in [0.3, 0.4) is 0 Å². The molecule has 4 nitrogen and oxygen atoms in total. The van der Waals surface area contributed by atoms with Gasteiger partial charge in [-0.25, -0.2) is 17.2 Å². The van der Waals surface area contributed by atoms with Gasteiger partial charge in [-0.1, -0.05) is 64.5 Å². The molecular formula is C23H21BrF2N2O2S. The lowest BCUT2D eigenvalue weighted by Gasteiger charge is -2.39. The molecule has 0 N–H and O–H groups in total. The second-order valence-electron chi connectivity index (χ2n) is 7.36. The van der Waals surface area contributed by atoms with Crippen LogP contribution >= 0.6 is 15.9 Å². The zero-order chi connectivity index (χ0) is 22.0. The molecule has 8 heteroatoms. The molecule has 0 amide bonds. The van der Waals surface area contributed by atoms with E-state index in [1.807, 2.05) is 54.6 Å². The maximum absolute atomic E-state index is 14.1. The first-order valence-corrected chi connectivity index (χ1v) is 12.1. The van der Waals surface area contributed by atoms with Crippen LogP contribution in [0, 0.1) is 11.6 Å². The molecule has 1 atom stereocenters. The lowest BCUT2D eigenvalue weighted by atomic mass is 9.96. The molecule has 0 aliphatic carbocycles. The number of sulfonamides is 1. The van der Waals surface area contributed by atoms with Gasteiger partial charge in [-0.15, -0.1) is 0 Å². The number of hydrogen-bond acceptors (Lipinski definition) is 3. The van der Waals surface area contributed by atoms with E-state index >= 15 is 0 Å². The van der Waals surface area contributed by atoms with E-state index in [9.17, 15) is 17.2 Å². The molecule has 4 rings (SSSR count). The van der Waals surface area contributed by atoms with Crippen molar-refractivity contribution >= 4 is 26.0 Å². The van der Waals surface area contributed by atoms with E-state index in [4.69, 9.17) is 0 Å². The van der Waals surface area contributed by atoms with Crippen molar-refractivity contribution < 1.29 is 17.2 Å². The van der Waals surface area contributed by atoms with E-state index in [2.05, 4.69) is 20.8 Å². The van der Waals surface area contributed by atoms with Crippen LogP contribution in [0.15, 0.2) is 82.2 Å². The predicted octanol–water partition coefficient (Wildman–Crippen LogP) is 4.82.